The summed E-state index contributed by atoms with van der Waals surface area (Å²) < 4.78 is 6.02. The van der Waals surface area contributed by atoms with Crippen molar-refractivity contribution in [2.24, 2.45) is 23.7 Å². The summed E-state index contributed by atoms with van der Waals surface area (Å²) in [6.07, 6.45) is 11.6. The van der Waals surface area contributed by atoms with Crippen LogP contribution in [0, 0.1) is 23.7 Å². The lowest BCUT2D eigenvalue weighted by atomic mass is 9.82. The maximum Gasteiger partial charge on any atom is 0.410 e. The lowest BCUT2D eigenvalue weighted by molar-refractivity contribution is 0.0150. The molecule has 3 heteroatoms. The lowest BCUT2D eigenvalue weighted by Crippen LogP contribution is -2.41. The number of likely N-dealkylation sites (tertiary alicyclic amines) is 1. The summed E-state index contributed by atoms with van der Waals surface area (Å²) in [5.41, 5.74) is -0.370. The summed E-state index contributed by atoms with van der Waals surface area (Å²) in [6, 6.07) is 0. The number of fused-ring (bicyclic) bond motifs is 5. The van der Waals surface area contributed by atoms with Crippen molar-refractivity contribution in [3.05, 3.63) is 12.7 Å². The summed E-state index contributed by atoms with van der Waals surface area (Å²) in [5, 5.41) is 0. The smallest absolute Gasteiger partial charge is 0.410 e. The molecule has 4 aliphatic rings. The van der Waals surface area contributed by atoms with Gasteiger partial charge in [0.1, 0.15) is 5.60 Å². The molecule has 3 aliphatic carbocycles. The Morgan fingerprint density at radius 1 is 1.10 bits per heavy atom. The van der Waals surface area contributed by atoms with Gasteiger partial charge in [-0.2, -0.15) is 0 Å². The van der Waals surface area contributed by atoms with Gasteiger partial charge < -0.3 is 9.64 Å². The van der Waals surface area contributed by atoms with Gasteiger partial charge in [0.15, 0.2) is 0 Å². The topological polar surface area (TPSA) is 29.5 Å². The molecule has 1 aliphatic heterocycles. The number of hydrogen-bond acceptors (Lipinski definition) is 2. The Labute approximate surface area is 127 Å². The molecule has 1 heterocycles. The molecule has 3 nitrogen and oxygen atoms in total. The van der Waals surface area contributed by atoms with Crippen LogP contribution in [0.15, 0.2) is 12.7 Å². The van der Waals surface area contributed by atoms with E-state index in [1.165, 1.54) is 25.7 Å². The number of hydrogen-bond donors (Lipinski definition) is 0. The molecule has 0 N–H and O–H groups in total. The standard InChI is InChI=1S/C18H27NO2/c1-2-18(21-17(20)19-8-4-3-5-9-19)11-15-13-6-7-14(10-13)16(15)12-18/h2,13-16H,1,3-12H2. The van der Waals surface area contributed by atoms with Crippen molar-refractivity contribution < 1.29 is 9.53 Å². The van der Waals surface area contributed by atoms with Gasteiger partial charge in [-0.05, 0) is 81.1 Å². The second-order valence-electron chi connectivity index (χ2n) is 7.75. The fourth-order valence-electron chi connectivity index (χ4n) is 5.65. The van der Waals surface area contributed by atoms with Crippen LogP contribution in [0.5, 0.6) is 0 Å². The Bertz CT molecular complexity index is 422. The zero-order valence-corrected chi connectivity index (χ0v) is 12.9. The zero-order chi connectivity index (χ0) is 14.4. The van der Waals surface area contributed by atoms with Crippen molar-refractivity contribution >= 4 is 6.09 Å². The molecule has 116 valence electrons. The van der Waals surface area contributed by atoms with Gasteiger partial charge in [0.05, 0.1) is 0 Å². The first-order valence-corrected chi connectivity index (χ1v) is 8.82. The molecule has 4 atom stereocenters. The molecular formula is C18H27NO2. The van der Waals surface area contributed by atoms with E-state index in [1.54, 1.807) is 0 Å². The first-order chi connectivity index (χ1) is 10.2. The molecule has 0 aromatic rings. The monoisotopic (exact) mass is 289 g/mol. The van der Waals surface area contributed by atoms with Crippen LogP contribution in [-0.4, -0.2) is 29.7 Å². The highest BCUT2D eigenvalue weighted by Crippen LogP contribution is 2.62. The van der Waals surface area contributed by atoms with Crippen LogP contribution in [0.4, 0.5) is 4.79 Å². The molecular weight excluding hydrogens is 262 g/mol. The fourth-order valence-corrected chi connectivity index (χ4v) is 5.65. The molecule has 4 fully saturated rings. The van der Waals surface area contributed by atoms with E-state index < -0.39 is 0 Å². The molecule has 4 unspecified atom stereocenters. The number of nitrogens with zero attached hydrogens (tertiary/aromatic N) is 1. The Kier molecular flexibility index (Phi) is 3.27. The van der Waals surface area contributed by atoms with Crippen LogP contribution in [0.25, 0.3) is 0 Å². The normalized spacial score (nSPS) is 44.7. The zero-order valence-electron chi connectivity index (χ0n) is 12.9. The highest BCUT2D eigenvalue weighted by Gasteiger charge is 2.57. The molecule has 3 saturated carbocycles. The minimum Gasteiger partial charge on any atom is -0.439 e. The SMILES string of the molecule is C=CC1(OC(=O)N2CCCCC2)CC2C3CCC(C3)C2C1. The van der Waals surface area contributed by atoms with Crippen LogP contribution in [0.2, 0.25) is 0 Å². The largest absolute Gasteiger partial charge is 0.439 e. The van der Waals surface area contributed by atoms with Gasteiger partial charge in [-0.25, -0.2) is 4.79 Å². The predicted molar refractivity (Wildman–Crippen MR) is 81.9 cm³/mol. The molecule has 0 spiro atoms. The van der Waals surface area contributed by atoms with Crippen LogP contribution in [-0.2, 0) is 4.74 Å². The minimum atomic E-state index is -0.370. The molecule has 1 amide bonds. The minimum absolute atomic E-state index is 0.0954. The third-order valence-corrected chi connectivity index (χ3v) is 6.71. The van der Waals surface area contributed by atoms with Crippen LogP contribution >= 0.6 is 0 Å². The Morgan fingerprint density at radius 3 is 2.29 bits per heavy atom. The number of amides is 1. The van der Waals surface area contributed by atoms with Gasteiger partial charge in [-0.1, -0.05) is 6.58 Å². The molecule has 0 radical (unpaired) electrons. The van der Waals surface area contributed by atoms with Crippen molar-refractivity contribution in [2.75, 3.05) is 13.1 Å². The third-order valence-electron chi connectivity index (χ3n) is 6.71. The van der Waals surface area contributed by atoms with Gasteiger partial charge in [0, 0.05) is 13.1 Å². The van der Waals surface area contributed by atoms with Gasteiger partial charge in [-0.15, -0.1) is 0 Å². The Balaban J connectivity index is 1.45. The summed E-state index contributed by atoms with van der Waals surface area (Å²) in [4.78, 5) is 14.4. The number of carbonyl (C=O) groups excluding carboxylic acids is 1. The third kappa shape index (κ3) is 2.20. The number of carbonyl (C=O) groups is 1. The van der Waals surface area contributed by atoms with Gasteiger partial charge >= 0.3 is 6.09 Å². The number of ether oxygens (including phenoxy) is 1. The van der Waals surface area contributed by atoms with E-state index in [-0.39, 0.29) is 11.7 Å². The highest BCUT2D eigenvalue weighted by molar-refractivity contribution is 5.68. The molecule has 4 rings (SSSR count). The summed E-state index contributed by atoms with van der Waals surface area (Å²) in [7, 11) is 0. The van der Waals surface area contributed by atoms with Crippen molar-refractivity contribution in [1.29, 1.82) is 0 Å². The molecule has 0 aromatic heterocycles. The molecule has 1 saturated heterocycles. The average Bonchev–Trinajstić information content (AvgIpc) is 3.19. The van der Waals surface area contributed by atoms with Crippen molar-refractivity contribution in [3.63, 3.8) is 0 Å². The molecule has 2 bridgehead atoms. The van der Waals surface area contributed by atoms with Crippen molar-refractivity contribution in [3.8, 4) is 0 Å². The Hall–Kier alpha value is -0.990. The van der Waals surface area contributed by atoms with Crippen LogP contribution in [0.3, 0.4) is 0 Å². The van der Waals surface area contributed by atoms with E-state index in [9.17, 15) is 4.79 Å². The molecule has 0 aromatic carbocycles. The first kappa shape index (κ1) is 13.7. The van der Waals surface area contributed by atoms with Crippen molar-refractivity contribution in [2.45, 2.75) is 57.0 Å². The second-order valence-corrected chi connectivity index (χ2v) is 7.75. The highest BCUT2D eigenvalue weighted by atomic mass is 16.6. The van der Waals surface area contributed by atoms with E-state index in [0.29, 0.717) is 0 Å². The summed E-state index contributed by atoms with van der Waals surface area (Å²) in [6.45, 7) is 5.75. The quantitative estimate of drug-likeness (QED) is 0.719. The first-order valence-electron chi connectivity index (χ1n) is 8.82. The summed E-state index contributed by atoms with van der Waals surface area (Å²) >= 11 is 0. The predicted octanol–water partition coefficient (Wildman–Crippen LogP) is 3.99. The summed E-state index contributed by atoms with van der Waals surface area (Å²) in [5.74, 6) is 3.37. The maximum atomic E-state index is 12.5. The lowest BCUT2D eigenvalue weighted by Gasteiger charge is -2.32. The van der Waals surface area contributed by atoms with Gasteiger partial charge in [-0.3, -0.25) is 0 Å². The number of piperidine rings is 1. The van der Waals surface area contributed by atoms with Crippen molar-refractivity contribution in [1.82, 2.24) is 4.90 Å². The second kappa shape index (κ2) is 5.03. The van der Waals surface area contributed by atoms with Crippen LogP contribution in [0.1, 0.15) is 51.4 Å². The van der Waals surface area contributed by atoms with Gasteiger partial charge in [0.2, 0.25) is 0 Å². The Morgan fingerprint density at radius 2 is 1.71 bits per heavy atom. The molecule has 21 heavy (non-hydrogen) atoms. The van der Waals surface area contributed by atoms with Crippen LogP contribution < -0.4 is 0 Å². The van der Waals surface area contributed by atoms with E-state index in [2.05, 4.69) is 6.58 Å². The number of rotatable bonds is 2. The van der Waals surface area contributed by atoms with E-state index >= 15 is 0 Å². The van der Waals surface area contributed by atoms with E-state index in [4.69, 9.17) is 4.74 Å². The van der Waals surface area contributed by atoms with E-state index in [0.717, 1.165) is 62.4 Å². The average molecular weight is 289 g/mol. The maximum absolute atomic E-state index is 12.5. The fraction of sp³-hybridized carbons (Fsp3) is 0.833. The van der Waals surface area contributed by atoms with Gasteiger partial charge in [0.25, 0.3) is 0 Å². The van der Waals surface area contributed by atoms with E-state index in [1.807, 2.05) is 11.0 Å².